The van der Waals surface area contributed by atoms with E-state index in [2.05, 4.69) is 5.10 Å². The number of hydrogen-bond donors (Lipinski definition) is 0. The van der Waals surface area contributed by atoms with Crippen LogP contribution in [-0.2, 0) is 16.1 Å². The molecule has 6 heteroatoms. The molecule has 0 saturated carbocycles. The van der Waals surface area contributed by atoms with Crippen molar-refractivity contribution in [2.75, 3.05) is 13.7 Å². The fraction of sp³-hybridized carbons (Fsp3) is 0.267. The van der Waals surface area contributed by atoms with Crippen molar-refractivity contribution < 1.29 is 14.3 Å². The Bertz CT molecular complexity index is 694. The second kappa shape index (κ2) is 6.69. The molecule has 1 aromatic carbocycles. The summed E-state index contributed by atoms with van der Waals surface area (Å²) in [5, 5.41) is 4.20. The number of hydrogen-bond acceptors (Lipinski definition) is 5. The first kappa shape index (κ1) is 14.8. The summed E-state index contributed by atoms with van der Waals surface area (Å²) in [5.41, 5.74) is 0.940. The minimum absolute atomic E-state index is 0.213. The van der Waals surface area contributed by atoms with Crippen LogP contribution in [0.25, 0.3) is 11.3 Å². The van der Waals surface area contributed by atoms with E-state index in [1.807, 2.05) is 18.2 Å². The first-order chi connectivity index (χ1) is 10.2. The Morgan fingerprint density at radius 1 is 1.24 bits per heavy atom. The Morgan fingerprint density at radius 3 is 2.71 bits per heavy atom. The van der Waals surface area contributed by atoms with E-state index in [9.17, 15) is 9.59 Å². The van der Waals surface area contributed by atoms with Crippen LogP contribution >= 0.6 is 0 Å². The Hall–Kier alpha value is -2.63. The van der Waals surface area contributed by atoms with E-state index in [0.29, 0.717) is 11.4 Å². The van der Waals surface area contributed by atoms with E-state index < -0.39 is 5.97 Å². The van der Waals surface area contributed by atoms with Crippen LogP contribution < -0.4 is 10.3 Å². The Morgan fingerprint density at radius 2 is 2.00 bits per heavy atom. The largest absolute Gasteiger partial charge is 0.496 e. The van der Waals surface area contributed by atoms with Crippen LogP contribution in [0.5, 0.6) is 5.75 Å². The number of para-hydroxylation sites is 1. The van der Waals surface area contributed by atoms with Crippen molar-refractivity contribution >= 4 is 5.97 Å². The van der Waals surface area contributed by atoms with Gasteiger partial charge in [-0.15, -0.1) is 0 Å². The van der Waals surface area contributed by atoms with Gasteiger partial charge in [-0.05, 0) is 25.1 Å². The molecule has 0 unspecified atom stereocenters. The number of carbonyl (C=O) groups excluding carboxylic acids is 1. The molecule has 0 bridgehead atoms. The van der Waals surface area contributed by atoms with Gasteiger partial charge in [-0.2, -0.15) is 5.10 Å². The van der Waals surface area contributed by atoms with Gasteiger partial charge < -0.3 is 9.47 Å². The quantitative estimate of drug-likeness (QED) is 0.779. The predicted octanol–water partition coefficient (Wildman–Crippen LogP) is 1.48. The van der Waals surface area contributed by atoms with Gasteiger partial charge in [-0.1, -0.05) is 12.1 Å². The number of carbonyl (C=O) groups is 1. The van der Waals surface area contributed by atoms with E-state index in [4.69, 9.17) is 9.47 Å². The van der Waals surface area contributed by atoms with E-state index in [0.717, 1.165) is 10.2 Å². The van der Waals surface area contributed by atoms with Gasteiger partial charge >= 0.3 is 5.97 Å². The van der Waals surface area contributed by atoms with Gasteiger partial charge in [0.15, 0.2) is 0 Å². The zero-order valence-corrected chi connectivity index (χ0v) is 11.9. The maximum atomic E-state index is 11.8. The maximum Gasteiger partial charge on any atom is 0.327 e. The molecule has 0 aliphatic carbocycles. The summed E-state index contributed by atoms with van der Waals surface area (Å²) >= 11 is 0. The van der Waals surface area contributed by atoms with Crippen molar-refractivity contribution in [1.29, 1.82) is 0 Å². The van der Waals surface area contributed by atoms with Crippen LogP contribution in [0, 0.1) is 0 Å². The smallest absolute Gasteiger partial charge is 0.327 e. The van der Waals surface area contributed by atoms with Gasteiger partial charge in [0.1, 0.15) is 12.3 Å². The lowest BCUT2D eigenvalue weighted by Crippen LogP contribution is -2.27. The van der Waals surface area contributed by atoms with Gasteiger partial charge in [0, 0.05) is 11.6 Å². The van der Waals surface area contributed by atoms with Crippen LogP contribution in [0.4, 0.5) is 0 Å². The lowest BCUT2D eigenvalue weighted by atomic mass is 10.1. The second-order valence-electron chi connectivity index (χ2n) is 4.22. The summed E-state index contributed by atoms with van der Waals surface area (Å²) in [5.74, 6) is 0.149. The number of nitrogens with zero attached hydrogens (tertiary/aromatic N) is 2. The van der Waals surface area contributed by atoms with E-state index in [1.165, 1.54) is 6.07 Å². The highest BCUT2D eigenvalue weighted by molar-refractivity contribution is 5.69. The van der Waals surface area contributed by atoms with E-state index >= 15 is 0 Å². The molecule has 0 spiro atoms. The zero-order chi connectivity index (χ0) is 15.2. The van der Waals surface area contributed by atoms with Crippen LogP contribution in [0.3, 0.4) is 0 Å². The summed E-state index contributed by atoms with van der Waals surface area (Å²) < 4.78 is 11.2. The molecular formula is C15H16N2O4. The molecule has 110 valence electrons. The van der Waals surface area contributed by atoms with Crippen molar-refractivity contribution in [3.05, 3.63) is 46.8 Å². The van der Waals surface area contributed by atoms with Gasteiger partial charge in [0.05, 0.1) is 19.4 Å². The molecule has 2 aromatic rings. The molecule has 0 fully saturated rings. The van der Waals surface area contributed by atoms with Crippen molar-refractivity contribution in [1.82, 2.24) is 9.78 Å². The molecule has 0 radical (unpaired) electrons. The van der Waals surface area contributed by atoms with Gasteiger partial charge in [0.25, 0.3) is 5.56 Å². The molecular weight excluding hydrogens is 272 g/mol. The van der Waals surface area contributed by atoms with Gasteiger partial charge in [-0.3, -0.25) is 9.59 Å². The zero-order valence-electron chi connectivity index (χ0n) is 11.9. The molecule has 0 atom stereocenters. The average molecular weight is 288 g/mol. The standard InChI is InChI=1S/C15H16N2O4/c1-3-21-15(19)10-17-14(18)9-8-12(16-17)11-6-4-5-7-13(11)20-2/h4-9H,3,10H2,1-2H3. The molecule has 2 rings (SSSR count). The average Bonchev–Trinajstić information content (AvgIpc) is 2.49. The fourth-order valence-corrected chi connectivity index (χ4v) is 1.89. The predicted molar refractivity (Wildman–Crippen MR) is 77.1 cm³/mol. The summed E-state index contributed by atoms with van der Waals surface area (Å²) in [6, 6.07) is 10.3. The molecule has 0 aliphatic rings. The van der Waals surface area contributed by atoms with Crippen LogP contribution in [0.1, 0.15) is 6.92 Å². The lowest BCUT2D eigenvalue weighted by molar-refractivity contribution is -0.144. The molecule has 21 heavy (non-hydrogen) atoms. The Kier molecular flexibility index (Phi) is 4.71. The van der Waals surface area contributed by atoms with Crippen molar-refractivity contribution in [2.45, 2.75) is 13.5 Å². The number of ether oxygens (including phenoxy) is 2. The minimum Gasteiger partial charge on any atom is -0.496 e. The van der Waals surface area contributed by atoms with E-state index in [-0.39, 0.29) is 18.7 Å². The molecule has 1 heterocycles. The number of aromatic nitrogens is 2. The molecule has 1 aromatic heterocycles. The lowest BCUT2D eigenvalue weighted by Gasteiger charge is -2.09. The number of methoxy groups -OCH3 is 1. The molecule has 0 aliphatic heterocycles. The summed E-state index contributed by atoms with van der Waals surface area (Å²) in [7, 11) is 1.56. The summed E-state index contributed by atoms with van der Waals surface area (Å²) in [4.78, 5) is 23.2. The highest BCUT2D eigenvalue weighted by Gasteiger charge is 2.11. The fourth-order valence-electron chi connectivity index (χ4n) is 1.89. The monoisotopic (exact) mass is 288 g/mol. The number of esters is 1. The first-order valence-electron chi connectivity index (χ1n) is 6.53. The van der Waals surface area contributed by atoms with Crippen molar-refractivity contribution in [2.24, 2.45) is 0 Å². The third-order valence-electron chi connectivity index (χ3n) is 2.83. The third kappa shape index (κ3) is 3.47. The van der Waals surface area contributed by atoms with Crippen molar-refractivity contribution in [3.8, 4) is 17.0 Å². The SMILES string of the molecule is CCOC(=O)Cn1nc(-c2ccccc2OC)ccc1=O. The minimum atomic E-state index is -0.496. The maximum absolute atomic E-state index is 11.8. The van der Waals surface area contributed by atoms with Crippen molar-refractivity contribution in [3.63, 3.8) is 0 Å². The number of rotatable bonds is 5. The Labute approximate surface area is 121 Å². The normalized spacial score (nSPS) is 10.2. The topological polar surface area (TPSA) is 70.4 Å². The molecule has 0 amide bonds. The highest BCUT2D eigenvalue weighted by atomic mass is 16.5. The molecule has 0 N–H and O–H groups in total. The van der Waals surface area contributed by atoms with Gasteiger partial charge in [-0.25, -0.2) is 4.68 Å². The highest BCUT2D eigenvalue weighted by Crippen LogP contribution is 2.26. The van der Waals surface area contributed by atoms with Crippen LogP contribution in [-0.4, -0.2) is 29.5 Å². The second-order valence-corrected chi connectivity index (χ2v) is 4.22. The van der Waals surface area contributed by atoms with E-state index in [1.54, 1.807) is 26.2 Å². The van der Waals surface area contributed by atoms with Crippen LogP contribution in [0.2, 0.25) is 0 Å². The molecule has 6 nitrogen and oxygen atoms in total. The first-order valence-corrected chi connectivity index (χ1v) is 6.53. The van der Waals surface area contributed by atoms with Gasteiger partial charge in [0.2, 0.25) is 0 Å². The van der Waals surface area contributed by atoms with Crippen LogP contribution in [0.15, 0.2) is 41.2 Å². The molecule has 0 saturated heterocycles. The number of benzene rings is 1. The summed E-state index contributed by atoms with van der Waals surface area (Å²) in [6.07, 6.45) is 0. The summed E-state index contributed by atoms with van der Waals surface area (Å²) in [6.45, 7) is 1.76. The Balaban J connectivity index is 2.38. The third-order valence-corrected chi connectivity index (χ3v) is 2.83.